The van der Waals surface area contributed by atoms with E-state index in [1.807, 2.05) is 11.0 Å². The molecule has 3 N–H and O–H groups in total. The number of halogens is 1. The van der Waals surface area contributed by atoms with E-state index < -0.39 is 24.0 Å². The number of nitrogens with zero attached hydrogens (tertiary/aromatic N) is 2. The average Bonchev–Trinajstić information content (AvgIpc) is 3.18. The van der Waals surface area contributed by atoms with E-state index in [-0.39, 0.29) is 54.3 Å². The van der Waals surface area contributed by atoms with E-state index >= 15 is 0 Å². The van der Waals surface area contributed by atoms with Crippen LogP contribution in [0.15, 0.2) is 24.3 Å². The highest BCUT2D eigenvalue weighted by Crippen LogP contribution is 2.49. The van der Waals surface area contributed by atoms with Crippen LogP contribution in [0, 0.1) is 23.6 Å². The van der Waals surface area contributed by atoms with E-state index in [4.69, 9.17) is 0 Å². The number of urea groups is 1. The van der Waals surface area contributed by atoms with Crippen molar-refractivity contribution in [3.63, 3.8) is 0 Å². The number of imide groups is 1. The van der Waals surface area contributed by atoms with E-state index in [1.165, 1.54) is 12.1 Å². The highest BCUT2D eigenvalue weighted by Gasteiger charge is 2.53. The Morgan fingerprint density at radius 3 is 2.69 bits per heavy atom. The molecular weight excluding hydrogens is 419 g/mol. The van der Waals surface area contributed by atoms with Gasteiger partial charge in [0, 0.05) is 37.4 Å². The topological polar surface area (TPSA) is 119 Å². The van der Waals surface area contributed by atoms with Crippen molar-refractivity contribution in [3.8, 4) is 0 Å². The van der Waals surface area contributed by atoms with Gasteiger partial charge in [-0.15, -0.1) is 0 Å². The minimum Gasteiger partial charge on any atom is -0.394 e. The third kappa shape index (κ3) is 3.62. The molecular formula is C22H25FN4O5. The van der Waals surface area contributed by atoms with Crippen molar-refractivity contribution in [2.75, 3.05) is 26.2 Å². The molecule has 6 atom stereocenters. The normalized spacial score (nSPS) is 33.2. The van der Waals surface area contributed by atoms with Gasteiger partial charge in [-0.25, -0.2) is 9.18 Å². The van der Waals surface area contributed by atoms with Crippen molar-refractivity contribution in [1.82, 2.24) is 20.4 Å². The lowest BCUT2D eigenvalue weighted by Crippen LogP contribution is -2.46. The Balaban J connectivity index is 1.19. The highest BCUT2D eigenvalue weighted by atomic mass is 19.1. The van der Waals surface area contributed by atoms with Gasteiger partial charge in [-0.2, -0.15) is 0 Å². The van der Waals surface area contributed by atoms with Gasteiger partial charge in [0.2, 0.25) is 11.8 Å². The number of amides is 5. The van der Waals surface area contributed by atoms with Gasteiger partial charge < -0.3 is 20.2 Å². The highest BCUT2D eigenvalue weighted by molar-refractivity contribution is 6.05. The van der Waals surface area contributed by atoms with E-state index in [2.05, 4.69) is 10.6 Å². The Bertz CT molecular complexity index is 987. The molecule has 5 rings (SSSR count). The number of rotatable bonds is 5. The van der Waals surface area contributed by atoms with Gasteiger partial charge in [-0.05, 0) is 30.0 Å². The summed E-state index contributed by atoms with van der Waals surface area (Å²) >= 11 is 0. The fraction of sp³-hybridized carbons (Fsp3) is 0.545. The quantitative estimate of drug-likeness (QED) is 0.544. The summed E-state index contributed by atoms with van der Waals surface area (Å²) < 4.78 is 13.5. The molecule has 4 unspecified atom stereocenters. The van der Waals surface area contributed by atoms with Gasteiger partial charge in [0.25, 0.3) is 5.91 Å². The number of fused-ring (bicyclic) bond motifs is 1. The maximum absolute atomic E-state index is 13.5. The Morgan fingerprint density at radius 2 is 2.00 bits per heavy atom. The molecule has 5 amide bonds. The number of benzene rings is 1. The third-order valence-electron chi connectivity index (χ3n) is 7.26. The van der Waals surface area contributed by atoms with Crippen LogP contribution in [0.2, 0.25) is 0 Å². The number of likely N-dealkylation sites (tertiary alicyclic amines) is 2. The SMILES string of the molecule is O=C1NC(=O)C(CC(=O)N2CC3CN(C(=O)[C@@H]4C[C@H]4c4cccc(F)c4)CC3C2CO)N1. The molecule has 0 spiro atoms. The molecule has 9 nitrogen and oxygen atoms in total. The smallest absolute Gasteiger partial charge is 0.322 e. The molecule has 0 bridgehead atoms. The number of aliphatic hydroxyl groups is 1. The molecule has 3 aliphatic heterocycles. The van der Waals surface area contributed by atoms with Crippen molar-refractivity contribution in [3.05, 3.63) is 35.6 Å². The summed E-state index contributed by atoms with van der Waals surface area (Å²) in [5.41, 5.74) is 0.843. The zero-order valence-electron chi connectivity index (χ0n) is 17.4. The van der Waals surface area contributed by atoms with Gasteiger partial charge in [-0.1, -0.05) is 12.1 Å². The molecule has 4 aliphatic rings. The lowest BCUT2D eigenvalue weighted by molar-refractivity contribution is -0.136. The number of carbonyl (C=O) groups is 4. The van der Waals surface area contributed by atoms with Crippen molar-refractivity contribution >= 4 is 23.8 Å². The standard InChI is InChI=1S/C22H25FN4O5/c23-13-3-1-2-11(4-13)14-5-15(14)21(31)26-7-12-8-27(18(10-28)16(12)9-26)19(29)6-17-20(30)25-22(32)24-17/h1-4,12,14-18,28H,5-10H2,(H2,24,25,30,32)/t12?,14-,15+,16?,17?,18?/m0/s1. The first kappa shape index (κ1) is 20.9. The molecule has 1 aliphatic carbocycles. The lowest BCUT2D eigenvalue weighted by atomic mass is 9.94. The molecule has 0 aromatic heterocycles. The van der Waals surface area contributed by atoms with Crippen molar-refractivity contribution < 1.29 is 28.7 Å². The van der Waals surface area contributed by atoms with Crippen LogP contribution in [-0.4, -0.2) is 77.0 Å². The largest absolute Gasteiger partial charge is 0.394 e. The molecule has 1 aromatic rings. The van der Waals surface area contributed by atoms with E-state index in [0.29, 0.717) is 26.1 Å². The minimum atomic E-state index is -0.900. The predicted octanol–water partition coefficient (Wildman–Crippen LogP) is -0.195. The first-order chi connectivity index (χ1) is 15.4. The zero-order chi connectivity index (χ0) is 22.6. The van der Waals surface area contributed by atoms with Crippen molar-refractivity contribution in [2.45, 2.75) is 30.8 Å². The molecule has 1 saturated carbocycles. The molecule has 0 radical (unpaired) electrons. The second-order valence-electron chi connectivity index (χ2n) is 9.19. The number of nitrogens with one attached hydrogen (secondary N) is 2. The van der Waals surface area contributed by atoms with E-state index in [1.54, 1.807) is 11.0 Å². The molecule has 32 heavy (non-hydrogen) atoms. The summed E-state index contributed by atoms with van der Waals surface area (Å²) in [5, 5.41) is 14.5. The number of carbonyl (C=O) groups excluding carboxylic acids is 4. The third-order valence-corrected chi connectivity index (χ3v) is 7.26. The Kier molecular flexibility index (Phi) is 5.11. The van der Waals surface area contributed by atoms with Crippen LogP contribution in [0.25, 0.3) is 0 Å². The summed E-state index contributed by atoms with van der Waals surface area (Å²) in [5.74, 6) is -1.17. The summed E-state index contributed by atoms with van der Waals surface area (Å²) in [6, 6.07) is 4.43. The fourth-order valence-corrected chi connectivity index (χ4v) is 5.55. The van der Waals surface area contributed by atoms with Gasteiger partial charge in [-0.3, -0.25) is 19.7 Å². The monoisotopic (exact) mass is 444 g/mol. The molecule has 170 valence electrons. The molecule has 3 heterocycles. The molecule has 1 aromatic carbocycles. The maximum atomic E-state index is 13.5. The predicted molar refractivity (Wildman–Crippen MR) is 108 cm³/mol. The van der Waals surface area contributed by atoms with E-state index in [0.717, 1.165) is 5.56 Å². The molecule has 3 saturated heterocycles. The van der Waals surface area contributed by atoms with Crippen LogP contribution >= 0.6 is 0 Å². The Hall–Kier alpha value is -3.01. The van der Waals surface area contributed by atoms with Crippen LogP contribution in [0.3, 0.4) is 0 Å². The molecule has 10 heteroatoms. The fourth-order valence-electron chi connectivity index (χ4n) is 5.55. The zero-order valence-corrected chi connectivity index (χ0v) is 17.4. The van der Waals surface area contributed by atoms with Crippen LogP contribution in [0.4, 0.5) is 9.18 Å². The second kappa shape index (κ2) is 7.84. The van der Waals surface area contributed by atoms with Crippen molar-refractivity contribution in [2.24, 2.45) is 17.8 Å². The van der Waals surface area contributed by atoms with Crippen LogP contribution in [-0.2, 0) is 14.4 Å². The van der Waals surface area contributed by atoms with Crippen LogP contribution < -0.4 is 10.6 Å². The summed E-state index contributed by atoms with van der Waals surface area (Å²) in [6.45, 7) is 1.15. The Labute approximate surface area is 183 Å². The second-order valence-corrected chi connectivity index (χ2v) is 9.19. The summed E-state index contributed by atoms with van der Waals surface area (Å²) in [4.78, 5) is 52.2. The number of hydrogen-bond donors (Lipinski definition) is 3. The van der Waals surface area contributed by atoms with Gasteiger partial charge in [0.1, 0.15) is 11.9 Å². The van der Waals surface area contributed by atoms with Crippen molar-refractivity contribution in [1.29, 1.82) is 0 Å². The summed E-state index contributed by atoms with van der Waals surface area (Å²) in [7, 11) is 0. The van der Waals surface area contributed by atoms with Gasteiger partial charge >= 0.3 is 6.03 Å². The Morgan fingerprint density at radius 1 is 1.19 bits per heavy atom. The maximum Gasteiger partial charge on any atom is 0.322 e. The molecule has 4 fully saturated rings. The average molecular weight is 444 g/mol. The number of hydrogen-bond acceptors (Lipinski definition) is 5. The minimum absolute atomic E-state index is 0.0359. The van der Waals surface area contributed by atoms with Gasteiger partial charge in [0.05, 0.1) is 19.1 Å². The number of aliphatic hydroxyl groups excluding tert-OH is 1. The lowest BCUT2D eigenvalue weighted by Gasteiger charge is -2.29. The van der Waals surface area contributed by atoms with Gasteiger partial charge in [0.15, 0.2) is 0 Å². The summed E-state index contributed by atoms with van der Waals surface area (Å²) in [6.07, 6.45) is 0.547. The first-order valence-electron chi connectivity index (χ1n) is 10.9. The van der Waals surface area contributed by atoms with Crippen LogP contribution in [0.5, 0.6) is 0 Å². The van der Waals surface area contributed by atoms with Crippen LogP contribution in [0.1, 0.15) is 24.3 Å². The first-order valence-corrected chi connectivity index (χ1v) is 10.9. The van der Waals surface area contributed by atoms with E-state index in [9.17, 15) is 28.7 Å².